The third-order valence-corrected chi connectivity index (χ3v) is 3.78. The third-order valence-electron chi connectivity index (χ3n) is 3.15. The standard InChI is InChI=1S/C12H17N7S/c1-13-10-16-11(14-6-9-7-20-8-15-9)18-12(17-10)19-4-2-3-5-19/h7-8H,2-6H2,1H3,(H2,13,14,16,17,18). The Morgan fingerprint density at radius 1 is 1.20 bits per heavy atom. The maximum absolute atomic E-state index is 4.49. The first-order valence-corrected chi connectivity index (χ1v) is 7.59. The molecule has 2 aromatic heterocycles. The summed E-state index contributed by atoms with van der Waals surface area (Å²) in [6.45, 7) is 2.65. The molecule has 1 aliphatic heterocycles. The van der Waals surface area contributed by atoms with Crippen LogP contribution in [0.5, 0.6) is 0 Å². The Morgan fingerprint density at radius 3 is 2.70 bits per heavy atom. The summed E-state index contributed by atoms with van der Waals surface area (Å²) in [6.07, 6.45) is 2.39. The predicted molar refractivity (Wildman–Crippen MR) is 80.3 cm³/mol. The lowest BCUT2D eigenvalue weighted by Gasteiger charge is -2.16. The van der Waals surface area contributed by atoms with Crippen molar-refractivity contribution in [2.24, 2.45) is 0 Å². The van der Waals surface area contributed by atoms with Crippen molar-refractivity contribution in [3.63, 3.8) is 0 Å². The number of thiazole rings is 1. The zero-order chi connectivity index (χ0) is 13.8. The van der Waals surface area contributed by atoms with Crippen molar-refractivity contribution >= 4 is 29.2 Å². The van der Waals surface area contributed by atoms with Gasteiger partial charge in [-0.25, -0.2) is 4.98 Å². The molecule has 0 spiro atoms. The Morgan fingerprint density at radius 2 is 2.00 bits per heavy atom. The van der Waals surface area contributed by atoms with Gasteiger partial charge in [-0.2, -0.15) is 15.0 Å². The predicted octanol–water partition coefficient (Wildman–Crippen LogP) is 1.58. The largest absolute Gasteiger partial charge is 0.357 e. The minimum Gasteiger partial charge on any atom is -0.357 e. The summed E-state index contributed by atoms with van der Waals surface area (Å²) in [7, 11) is 1.81. The van der Waals surface area contributed by atoms with Gasteiger partial charge in [0.05, 0.1) is 17.7 Å². The van der Waals surface area contributed by atoms with E-state index in [2.05, 4.69) is 35.5 Å². The summed E-state index contributed by atoms with van der Waals surface area (Å²) < 4.78 is 0. The van der Waals surface area contributed by atoms with E-state index in [1.807, 2.05) is 17.9 Å². The van der Waals surface area contributed by atoms with Crippen LogP contribution in [0.1, 0.15) is 18.5 Å². The first kappa shape index (κ1) is 13.0. The van der Waals surface area contributed by atoms with Crippen LogP contribution >= 0.6 is 11.3 Å². The van der Waals surface area contributed by atoms with Crippen molar-refractivity contribution in [3.05, 3.63) is 16.6 Å². The van der Waals surface area contributed by atoms with Crippen LogP contribution in [0.4, 0.5) is 17.8 Å². The molecule has 8 heteroatoms. The number of hydrogen-bond acceptors (Lipinski definition) is 8. The van der Waals surface area contributed by atoms with E-state index >= 15 is 0 Å². The van der Waals surface area contributed by atoms with Crippen molar-refractivity contribution in [1.82, 2.24) is 19.9 Å². The molecule has 7 nitrogen and oxygen atoms in total. The topological polar surface area (TPSA) is 78.9 Å². The smallest absolute Gasteiger partial charge is 0.231 e. The second-order valence-electron chi connectivity index (χ2n) is 4.56. The van der Waals surface area contributed by atoms with Crippen LogP contribution in [0.2, 0.25) is 0 Å². The quantitative estimate of drug-likeness (QED) is 0.866. The number of nitrogens with one attached hydrogen (secondary N) is 2. The average Bonchev–Trinajstić information content (AvgIpc) is 3.17. The maximum Gasteiger partial charge on any atom is 0.231 e. The lowest BCUT2D eigenvalue weighted by atomic mass is 10.4. The van der Waals surface area contributed by atoms with Gasteiger partial charge in [0, 0.05) is 25.5 Å². The molecule has 0 amide bonds. The Kier molecular flexibility index (Phi) is 3.91. The molecule has 0 atom stereocenters. The zero-order valence-corrected chi connectivity index (χ0v) is 12.2. The van der Waals surface area contributed by atoms with Gasteiger partial charge >= 0.3 is 0 Å². The van der Waals surface area contributed by atoms with Gasteiger partial charge in [-0.3, -0.25) is 0 Å². The molecule has 3 rings (SSSR count). The molecule has 2 aromatic rings. The Labute approximate surface area is 121 Å². The van der Waals surface area contributed by atoms with Gasteiger partial charge < -0.3 is 15.5 Å². The molecular formula is C12H17N7S. The summed E-state index contributed by atoms with van der Waals surface area (Å²) in [5, 5.41) is 8.19. The van der Waals surface area contributed by atoms with Crippen molar-refractivity contribution in [2.75, 3.05) is 35.7 Å². The first-order valence-electron chi connectivity index (χ1n) is 6.65. The number of nitrogens with zero attached hydrogens (tertiary/aromatic N) is 5. The van der Waals surface area contributed by atoms with Crippen LogP contribution < -0.4 is 15.5 Å². The third kappa shape index (κ3) is 2.96. The molecule has 1 saturated heterocycles. The van der Waals surface area contributed by atoms with Gasteiger partial charge in [0.2, 0.25) is 17.8 Å². The van der Waals surface area contributed by atoms with E-state index in [1.54, 1.807) is 11.3 Å². The van der Waals surface area contributed by atoms with Crippen molar-refractivity contribution in [2.45, 2.75) is 19.4 Å². The molecule has 0 bridgehead atoms. The zero-order valence-electron chi connectivity index (χ0n) is 11.3. The molecule has 0 aliphatic carbocycles. The summed E-state index contributed by atoms with van der Waals surface area (Å²) in [6, 6.07) is 0. The van der Waals surface area contributed by atoms with Crippen LogP contribution in [-0.4, -0.2) is 40.1 Å². The molecular weight excluding hydrogens is 274 g/mol. The van der Waals surface area contributed by atoms with Crippen molar-refractivity contribution in [1.29, 1.82) is 0 Å². The SMILES string of the molecule is CNc1nc(NCc2cscn2)nc(N2CCCC2)n1. The van der Waals surface area contributed by atoms with E-state index in [4.69, 9.17) is 0 Å². The monoisotopic (exact) mass is 291 g/mol. The molecule has 3 heterocycles. The number of anilines is 3. The molecule has 20 heavy (non-hydrogen) atoms. The van der Waals surface area contributed by atoms with E-state index in [0.717, 1.165) is 24.7 Å². The van der Waals surface area contributed by atoms with Gasteiger partial charge in [-0.1, -0.05) is 0 Å². The molecule has 1 fully saturated rings. The fraction of sp³-hybridized carbons (Fsp3) is 0.500. The summed E-state index contributed by atoms with van der Waals surface area (Å²) in [5.41, 5.74) is 2.81. The summed E-state index contributed by atoms with van der Waals surface area (Å²) >= 11 is 1.58. The van der Waals surface area contributed by atoms with Gasteiger partial charge in [0.25, 0.3) is 0 Å². The van der Waals surface area contributed by atoms with Crippen molar-refractivity contribution in [3.8, 4) is 0 Å². The molecule has 2 N–H and O–H groups in total. The van der Waals surface area contributed by atoms with Gasteiger partial charge in [0.1, 0.15) is 0 Å². The Bertz CT molecular complexity index is 551. The van der Waals surface area contributed by atoms with Crippen molar-refractivity contribution < 1.29 is 0 Å². The molecule has 0 radical (unpaired) electrons. The van der Waals surface area contributed by atoms with Crippen LogP contribution in [0.3, 0.4) is 0 Å². The van der Waals surface area contributed by atoms with E-state index < -0.39 is 0 Å². The molecule has 1 aliphatic rings. The Balaban J connectivity index is 1.76. The lowest BCUT2D eigenvalue weighted by Crippen LogP contribution is -2.22. The van der Waals surface area contributed by atoms with Crippen LogP contribution in [0, 0.1) is 0 Å². The minimum absolute atomic E-state index is 0.583. The summed E-state index contributed by atoms with van der Waals surface area (Å²) in [5.74, 6) is 1.91. The molecule has 0 unspecified atom stereocenters. The Hall–Kier alpha value is -1.96. The highest BCUT2D eigenvalue weighted by molar-refractivity contribution is 7.07. The highest BCUT2D eigenvalue weighted by atomic mass is 32.1. The molecule has 0 aromatic carbocycles. The lowest BCUT2D eigenvalue weighted by molar-refractivity contribution is 0.876. The fourth-order valence-electron chi connectivity index (χ4n) is 2.11. The van der Waals surface area contributed by atoms with Gasteiger partial charge in [-0.05, 0) is 12.8 Å². The summed E-state index contributed by atoms with van der Waals surface area (Å²) in [4.78, 5) is 19.7. The second-order valence-corrected chi connectivity index (χ2v) is 5.28. The number of aromatic nitrogens is 4. The van der Waals surface area contributed by atoms with E-state index in [0.29, 0.717) is 18.4 Å². The fourth-order valence-corrected chi connectivity index (χ4v) is 2.67. The second kappa shape index (κ2) is 6.00. The minimum atomic E-state index is 0.583. The van der Waals surface area contributed by atoms with Crippen LogP contribution in [-0.2, 0) is 6.54 Å². The average molecular weight is 291 g/mol. The molecule has 106 valence electrons. The van der Waals surface area contributed by atoms with Gasteiger partial charge in [0.15, 0.2) is 0 Å². The maximum atomic E-state index is 4.49. The normalized spacial score (nSPS) is 14.6. The highest BCUT2D eigenvalue weighted by Crippen LogP contribution is 2.18. The van der Waals surface area contributed by atoms with Crippen LogP contribution in [0.15, 0.2) is 10.9 Å². The highest BCUT2D eigenvalue weighted by Gasteiger charge is 2.17. The molecule has 0 saturated carbocycles. The van der Waals surface area contributed by atoms with Gasteiger partial charge in [-0.15, -0.1) is 11.3 Å². The van der Waals surface area contributed by atoms with Crippen LogP contribution in [0.25, 0.3) is 0 Å². The van der Waals surface area contributed by atoms with E-state index in [9.17, 15) is 0 Å². The number of hydrogen-bond donors (Lipinski definition) is 2. The van der Waals surface area contributed by atoms with E-state index in [1.165, 1.54) is 12.8 Å². The number of rotatable bonds is 5. The first-order chi connectivity index (χ1) is 9.85. The van der Waals surface area contributed by atoms with E-state index in [-0.39, 0.29) is 0 Å².